The number of nitrogens with one attached hydrogen (secondary N) is 4. The van der Waals surface area contributed by atoms with Gasteiger partial charge >= 0.3 is 0 Å². The highest BCUT2D eigenvalue weighted by atomic mass is 15.1. The molecule has 5 aromatic heterocycles. The van der Waals surface area contributed by atoms with E-state index in [1.807, 2.05) is 0 Å². The Morgan fingerprint density at radius 1 is 0.697 bits per heavy atom. The summed E-state index contributed by atoms with van der Waals surface area (Å²) in [5, 5.41) is 4.27. The second-order valence-corrected chi connectivity index (χ2v) is 8.43. The molecule has 33 heavy (non-hydrogen) atoms. The van der Waals surface area contributed by atoms with Crippen LogP contribution in [0, 0.1) is 0 Å². The van der Waals surface area contributed by atoms with Crippen LogP contribution < -0.4 is 26.0 Å². The fraction of sp³-hybridized carbons (Fsp3) is 0.148. The predicted octanol–water partition coefficient (Wildman–Crippen LogP) is 1.42. The Bertz CT molecular complexity index is 1670. The molecule has 8 bridgehead atoms. The molecule has 0 fully saturated rings. The number of aromatic nitrogens is 6. The minimum absolute atomic E-state index is 0.918. The van der Waals surface area contributed by atoms with Crippen LogP contribution in [0.25, 0.3) is 35.7 Å². The van der Waals surface area contributed by atoms with Gasteiger partial charge in [0.2, 0.25) is 0 Å². The van der Waals surface area contributed by atoms with Gasteiger partial charge in [0.05, 0.1) is 24.0 Å². The van der Waals surface area contributed by atoms with Crippen molar-refractivity contribution in [3.8, 4) is 11.4 Å². The number of aryl methyl sites for hydroxylation is 2. The summed E-state index contributed by atoms with van der Waals surface area (Å²) in [5.74, 6) is 1.21. The summed E-state index contributed by atoms with van der Waals surface area (Å²) < 4.78 is 4.60. The van der Waals surface area contributed by atoms with E-state index in [4.69, 9.17) is 0 Å². The maximum absolute atomic E-state index is 3.65. The lowest BCUT2D eigenvalue weighted by molar-refractivity contribution is -0.682. The van der Waals surface area contributed by atoms with Crippen LogP contribution in [0.5, 0.6) is 0 Å². The zero-order chi connectivity index (χ0) is 22.4. The normalized spacial score (nSPS) is 12.5. The Balaban J connectivity index is 1.64. The fourth-order valence-electron chi connectivity index (χ4n) is 4.61. The molecule has 0 aromatic carbocycles. The van der Waals surface area contributed by atoms with Crippen LogP contribution >= 0.6 is 0 Å². The maximum Gasteiger partial charge on any atom is 0.291 e. The van der Waals surface area contributed by atoms with Gasteiger partial charge in [0, 0.05) is 38.8 Å². The van der Waals surface area contributed by atoms with Crippen LogP contribution in [-0.4, -0.2) is 24.5 Å². The van der Waals surface area contributed by atoms with Crippen LogP contribution in [0.3, 0.4) is 0 Å². The molecule has 0 atom stereocenters. The summed E-state index contributed by atoms with van der Waals surface area (Å²) in [4.78, 5) is 14.1. The fourth-order valence-corrected chi connectivity index (χ4v) is 4.61. The number of H-pyrrole nitrogens is 4. The maximum atomic E-state index is 3.65. The largest absolute Gasteiger partial charge is 0.355 e. The molecule has 0 unspecified atom stereocenters. The van der Waals surface area contributed by atoms with Crippen LogP contribution in [0.4, 0.5) is 0 Å². The van der Waals surface area contributed by atoms with Gasteiger partial charge in [-0.25, -0.2) is 9.13 Å². The molecule has 0 radical (unpaired) electrons. The number of hydrogen-bond donors (Lipinski definition) is 4. The minimum Gasteiger partial charge on any atom is -0.355 e. The second-order valence-electron chi connectivity index (χ2n) is 8.43. The number of aromatic amines is 4. The molecule has 1 aliphatic heterocycles. The molecule has 6 heteroatoms. The minimum atomic E-state index is 0.918. The highest BCUT2D eigenvalue weighted by Crippen LogP contribution is 2.12. The van der Waals surface area contributed by atoms with Crippen LogP contribution in [-0.2, 0) is 13.1 Å². The van der Waals surface area contributed by atoms with Gasteiger partial charge in [0.15, 0.2) is 0 Å². The summed E-state index contributed by atoms with van der Waals surface area (Å²) in [6.45, 7) is 6.21. The van der Waals surface area contributed by atoms with Gasteiger partial charge in [-0.05, 0) is 80.6 Å². The molecule has 164 valence electrons. The molecule has 0 saturated carbocycles. The quantitative estimate of drug-likeness (QED) is 0.304. The third-order valence-corrected chi connectivity index (χ3v) is 6.19. The molecule has 6 rings (SSSR count). The van der Waals surface area contributed by atoms with Crippen LogP contribution in [0.15, 0.2) is 54.9 Å². The number of rotatable bonds is 3. The zero-order valence-electron chi connectivity index (χ0n) is 18.8. The summed E-state index contributed by atoms with van der Waals surface area (Å²) in [7, 11) is 0. The molecule has 0 aliphatic carbocycles. The van der Waals surface area contributed by atoms with E-state index in [2.05, 4.69) is 122 Å². The first-order valence-electron chi connectivity index (χ1n) is 11.5. The molecule has 6 nitrogen and oxygen atoms in total. The van der Waals surface area contributed by atoms with Crippen molar-refractivity contribution in [2.24, 2.45) is 0 Å². The van der Waals surface area contributed by atoms with E-state index in [1.54, 1.807) is 0 Å². The lowest BCUT2D eigenvalue weighted by atomic mass is 10.2. The number of nitrogens with zero attached hydrogens (tertiary/aromatic N) is 2. The first-order chi connectivity index (χ1) is 16.2. The third-order valence-electron chi connectivity index (χ3n) is 6.19. The smallest absolute Gasteiger partial charge is 0.291 e. The van der Waals surface area contributed by atoms with Crippen LogP contribution in [0.1, 0.15) is 36.6 Å². The van der Waals surface area contributed by atoms with Gasteiger partial charge < -0.3 is 19.9 Å². The Hall–Kier alpha value is -4.19. The van der Waals surface area contributed by atoms with Gasteiger partial charge in [-0.2, -0.15) is 0 Å². The SMILES string of the molecule is CCn1cc[n+](CC)c1-c1cc2[nH]c1=Cc1ccc([nH]1)C=c1ccc([nH]1)=Cc1ccc([nH]1)C=2. The van der Waals surface area contributed by atoms with Gasteiger partial charge in [0.25, 0.3) is 5.82 Å². The van der Waals surface area contributed by atoms with Crippen molar-refractivity contribution in [3.05, 3.63) is 99.0 Å². The van der Waals surface area contributed by atoms with Gasteiger partial charge in [-0.15, -0.1) is 0 Å². The van der Waals surface area contributed by atoms with E-state index in [-0.39, 0.29) is 0 Å². The topological polar surface area (TPSA) is 72.0 Å². The molecular weight excluding hydrogens is 408 g/mol. The van der Waals surface area contributed by atoms with E-state index < -0.39 is 0 Å². The average Bonchev–Trinajstić information content (AvgIpc) is 3.61. The second kappa shape index (κ2) is 7.74. The van der Waals surface area contributed by atoms with Gasteiger partial charge in [-0.3, -0.25) is 0 Å². The lowest BCUT2D eigenvalue weighted by Crippen LogP contribution is -2.34. The summed E-state index contributed by atoms with van der Waals surface area (Å²) in [5.41, 5.74) is 5.42. The standard InChI is InChI=1S/C27H26N6/c1-3-32-11-12-33(4-2)27(32)25-16-24-15-22-8-7-20(29-22)13-18-5-6-19(28-18)14-21-9-10-23(30-21)17-26(25)31-24/h5-17H,3-4H2,1-2H3,(H3,28,29,30,31)/p+1. The zero-order valence-corrected chi connectivity index (χ0v) is 18.8. The molecule has 0 saturated heterocycles. The first-order valence-corrected chi connectivity index (χ1v) is 11.5. The molecular formula is C27H27N6+. The molecule has 0 spiro atoms. The first kappa shape index (κ1) is 19.5. The number of imidazole rings is 1. The van der Waals surface area contributed by atoms with Crippen molar-refractivity contribution < 1.29 is 4.57 Å². The van der Waals surface area contributed by atoms with Crippen LogP contribution in [0.2, 0.25) is 0 Å². The Kier molecular flexibility index (Phi) is 4.57. The van der Waals surface area contributed by atoms with Crippen molar-refractivity contribution in [3.63, 3.8) is 0 Å². The van der Waals surface area contributed by atoms with E-state index in [1.165, 1.54) is 11.4 Å². The van der Waals surface area contributed by atoms with Crippen molar-refractivity contribution in [2.75, 3.05) is 0 Å². The van der Waals surface area contributed by atoms with E-state index >= 15 is 0 Å². The molecule has 1 aliphatic rings. The van der Waals surface area contributed by atoms with Gasteiger partial charge in [0.1, 0.15) is 12.4 Å². The van der Waals surface area contributed by atoms with E-state index in [0.29, 0.717) is 0 Å². The Labute approximate surface area is 191 Å². The van der Waals surface area contributed by atoms with Crippen molar-refractivity contribution in [1.82, 2.24) is 24.5 Å². The summed E-state index contributed by atoms with van der Waals surface area (Å²) in [6.07, 6.45) is 12.9. The lowest BCUT2D eigenvalue weighted by Gasteiger charge is -2.00. The predicted molar refractivity (Wildman–Crippen MR) is 131 cm³/mol. The highest BCUT2D eigenvalue weighted by molar-refractivity contribution is 5.62. The molecule has 0 amide bonds. The number of fused-ring (bicyclic) bond motifs is 8. The van der Waals surface area contributed by atoms with E-state index in [9.17, 15) is 0 Å². The van der Waals surface area contributed by atoms with Crippen molar-refractivity contribution in [2.45, 2.75) is 26.9 Å². The molecule has 6 heterocycles. The van der Waals surface area contributed by atoms with Crippen molar-refractivity contribution >= 4 is 24.3 Å². The Morgan fingerprint density at radius 2 is 1.30 bits per heavy atom. The average molecular weight is 436 g/mol. The van der Waals surface area contributed by atoms with Crippen molar-refractivity contribution in [1.29, 1.82) is 0 Å². The van der Waals surface area contributed by atoms with Gasteiger partial charge in [-0.1, -0.05) is 0 Å². The third kappa shape index (κ3) is 3.59. The number of hydrogen-bond acceptors (Lipinski definition) is 0. The summed E-state index contributed by atoms with van der Waals surface area (Å²) in [6, 6.07) is 14.9. The monoisotopic (exact) mass is 435 g/mol. The molecule has 4 N–H and O–H groups in total. The Morgan fingerprint density at radius 3 is 1.91 bits per heavy atom. The summed E-state index contributed by atoms with van der Waals surface area (Å²) >= 11 is 0. The van der Waals surface area contributed by atoms with E-state index in [0.717, 1.165) is 57.3 Å². The molecule has 5 aromatic rings. The highest BCUT2D eigenvalue weighted by Gasteiger charge is 2.20.